The minimum Gasteiger partial charge on any atom is -0.396 e. The second kappa shape index (κ2) is 7.85. The van der Waals surface area contributed by atoms with E-state index in [0.29, 0.717) is 18.2 Å². The van der Waals surface area contributed by atoms with Crippen LogP contribution in [0.2, 0.25) is 0 Å². The van der Waals surface area contributed by atoms with Gasteiger partial charge in [-0.2, -0.15) is 0 Å². The highest BCUT2D eigenvalue weighted by atomic mass is 19.1. The van der Waals surface area contributed by atoms with Gasteiger partial charge in [0.2, 0.25) is 0 Å². The summed E-state index contributed by atoms with van der Waals surface area (Å²) < 4.78 is 18.5. The Balaban J connectivity index is 2.39. The zero-order valence-electron chi connectivity index (χ0n) is 12.3. The molecule has 0 saturated carbocycles. The highest BCUT2D eigenvalue weighted by Gasteiger charge is 2.13. The summed E-state index contributed by atoms with van der Waals surface area (Å²) in [6.45, 7) is 6.54. The first-order chi connectivity index (χ1) is 9.40. The van der Waals surface area contributed by atoms with Crippen molar-refractivity contribution in [3.05, 3.63) is 24.0 Å². The van der Waals surface area contributed by atoms with Crippen LogP contribution in [0.3, 0.4) is 0 Å². The number of anilines is 2. The molecule has 0 fully saturated rings. The zero-order chi connectivity index (χ0) is 15.1. The maximum atomic E-state index is 13.0. The largest absolute Gasteiger partial charge is 0.396 e. The quantitative estimate of drug-likeness (QED) is 0.596. The molecule has 0 aromatic heterocycles. The van der Waals surface area contributed by atoms with E-state index in [0.717, 1.165) is 12.8 Å². The van der Waals surface area contributed by atoms with Gasteiger partial charge < -0.3 is 15.8 Å². The molecular weight excluding hydrogens is 259 g/mol. The van der Waals surface area contributed by atoms with Crippen molar-refractivity contribution < 1.29 is 13.9 Å². The highest BCUT2D eigenvalue weighted by Crippen LogP contribution is 2.16. The van der Waals surface area contributed by atoms with Crippen LogP contribution in [0, 0.1) is 11.7 Å². The Morgan fingerprint density at radius 3 is 2.70 bits per heavy atom. The summed E-state index contributed by atoms with van der Waals surface area (Å²) in [7, 11) is 0. The molecule has 112 valence electrons. The summed E-state index contributed by atoms with van der Waals surface area (Å²) >= 11 is 0. The van der Waals surface area contributed by atoms with Crippen LogP contribution in [0.15, 0.2) is 18.2 Å². The first kappa shape index (κ1) is 16.4. The minimum atomic E-state index is -0.548. The zero-order valence-corrected chi connectivity index (χ0v) is 12.3. The number of ether oxygens (including phenoxy) is 1. The SMILES string of the molecule is CC(C)CCCOC(C)C(=O)Nc1ccc(F)c(N)c1. The van der Waals surface area contributed by atoms with Crippen LogP contribution in [0.25, 0.3) is 0 Å². The monoisotopic (exact) mass is 282 g/mol. The van der Waals surface area contributed by atoms with Crippen molar-refractivity contribution in [1.82, 2.24) is 0 Å². The van der Waals surface area contributed by atoms with E-state index in [2.05, 4.69) is 19.2 Å². The number of nitrogen functional groups attached to an aromatic ring is 1. The molecule has 4 nitrogen and oxygen atoms in total. The summed E-state index contributed by atoms with van der Waals surface area (Å²) in [6, 6.07) is 4.08. The number of hydrogen-bond acceptors (Lipinski definition) is 3. The van der Waals surface area contributed by atoms with Crippen LogP contribution in [-0.4, -0.2) is 18.6 Å². The molecule has 1 rings (SSSR count). The molecule has 0 saturated heterocycles. The molecule has 0 aliphatic heterocycles. The average Bonchev–Trinajstić information content (AvgIpc) is 2.38. The second-order valence-corrected chi connectivity index (χ2v) is 5.27. The third-order valence-electron chi connectivity index (χ3n) is 2.93. The summed E-state index contributed by atoms with van der Waals surface area (Å²) in [5.74, 6) is -0.133. The van der Waals surface area contributed by atoms with Crippen molar-refractivity contribution in [2.75, 3.05) is 17.7 Å². The Kier molecular flexibility index (Phi) is 6.45. The number of nitrogens with one attached hydrogen (secondary N) is 1. The maximum Gasteiger partial charge on any atom is 0.253 e. The molecule has 1 aromatic rings. The number of rotatable bonds is 7. The molecule has 1 aromatic carbocycles. The molecular formula is C15H23FN2O2. The number of carbonyl (C=O) groups is 1. The van der Waals surface area contributed by atoms with E-state index >= 15 is 0 Å². The predicted octanol–water partition coefficient (Wildman–Crippen LogP) is 3.19. The fraction of sp³-hybridized carbons (Fsp3) is 0.533. The molecule has 3 N–H and O–H groups in total. The number of benzene rings is 1. The average molecular weight is 282 g/mol. The van der Waals surface area contributed by atoms with Gasteiger partial charge in [-0.15, -0.1) is 0 Å². The Morgan fingerprint density at radius 2 is 2.10 bits per heavy atom. The van der Waals surface area contributed by atoms with Gasteiger partial charge in [-0.1, -0.05) is 13.8 Å². The molecule has 5 heteroatoms. The summed E-state index contributed by atoms with van der Waals surface area (Å²) in [6.07, 6.45) is 1.45. The van der Waals surface area contributed by atoms with Crippen LogP contribution >= 0.6 is 0 Å². The van der Waals surface area contributed by atoms with Crippen molar-refractivity contribution >= 4 is 17.3 Å². The van der Waals surface area contributed by atoms with Gasteiger partial charge in [-0.25, -0.2) is 4.39 Å². The fourth-order valence-electron chi connectivity index (χ4n) is 1.69. The number of amides is 1. The molecule has 1 unspecified atom stereocenters. The van der Waals surface area contributed by atoms with Gasteiger partial charge in [0.05, 0.1) is 5.69 Å². The van der Waals surface area contributed by atoms with E-state index in [1.807, 2.05) is 0 Å². The standard InChI is InChI=1S/C15H23FN2O2/c1-10(2)5-4-8-20-11(3)15(19)18-12-6-7-13(16)14(17)9-12/h6-7,9-11H,4-5,8,17H2,1-3H3,(H,18,19). The van der Waals surface area contributed by atoms with Crippen molar-refractivity contribution in [2.24, 2.45) is 5.92 Å². The van der Waals surface area contributed by atoms with Crippen LogP contribution in [0.1, 0.15) is 33.6 Å². The predicted molar refractivity (Wildman–Crippen MR) is 78.9 cm³/mol. The van der Waals surface area contributed by atoms with E-state index in [4.69, 9.17) is 10.5 Å². The Hall–Kier alpha value is -1.62. The first-order valence-corrected chi connectivity index (χ1v) is 6.87. The number of hydrogen-bond donors (Lipinski definition) is 2. The highest BCUT2D eigenvalue weighted by molar-refractivity contribution is 5.94. The van der Waals surface area contributed by atoms with Crippen LogP contribution in [0.4, 0.5) is 15.8 Å². The molecule has 0 bridgehead atoms. The van der Waals surface area contributed by atoms with Gasteiger partial charge in [0.1, 0.15) is 11.9 Å². The molecule has 0 radical (unpaired) electrons. The Bertz CT molecular complexity index is 449. The molecule has 0 spiro atoms. The second-order valence-electron chi connectivity index (χ2n) is 5.27. The lowest BCUT2D eigenvalue weighted by Gasteiger charge is -2.14. The van der Waals surface area contributed by atoms with Gasteiger partial charge in [-0.05, 0) is 43.9 Å². The van der Waals surface area contributed by atoms with Crippen LogP contribution in [-0.2, 0) is 9.53 Å². The third kappa shape index (κ3) is 5.57. The van der Waals surface area contributed by atoms with Crippen LogP contribution in [0.5, 0.6) is 0 Å². The first-order valence-electron chi connectivity index (χ1n) is 6.87. The smallest absolute Gasteiger partial charge is 0.253 e. The summed E-state index contributed by atoms with van der Waals surface area (Å²) in [5, 5.41) is 2.65. The van der Waals surface area contributed by atoms with Crippen molar-refractivity contribution in [3.8, 4) is 0 Å². The third-order valence-corrected chi connectivity index (χ3v) is 2.93. The van der Waals surface area contributed by atoms with E-state index in [9.17, 15) is 9.18 Å². The van der Waals surface area contributed by atoms with E-state index < -0.39 is 11.9 Å². The van der Waals surface area contributed by atoms with Gasteiger partial charge in [0, 0.05) is 12.3 Å². The van der Waals surface area contributed by atoms with Crippen molar-refractivity contribution in [1.29, 1.82) is 0 Å². The van der Waals surface area contributed by atoms with Crippen molar-refractivity contribution in [3.63, 3.8) is 0 Å². The Labute approximate surface area is 119 Å². The van der Waals surface area contributed by atoms with Gasteiger partial charge in [-0.3, -0.25) is 4.79 Å². The van der Waals surface area contributed by atoms with E-state index in [1.165, 1.54) is 18.2 Å². The van der Waals surface area contributed by atoms with Gasteiger partial charge in [0.25, 0.3) is 5.91 Å². The molecule has 1 atom stereocenters. The molecule has 0 heterocycles. The molecule has 20 heavy (non-hydrogen) atoms. The maximum absolute atomic E-state index is 13.0. The minimum absolute atomic E-state index is 0.00769. The lowest BCUT2D eigenvalue weighted by Crippen LogP contribution is -2.28. The Morgan fingerprint density at radius 1 is 1.40 bits per heavy atom. The number of carbonyl (C=O) groups excluding carboxylic acids is 1. The number of halogens is 1. The van der Waals surface area contributed by atoms with E-state index in [-0.39, 0.29) is 11.6 Å². The van der Waals surface area contributed by atoms with Crippen molar-refractivity contribution in [2.45, 2.75) is 39.7 Å². The molecule has 0 aliphatic rings. The fourth-order valence-corrected chi connectivity index (χ4v) is 1.69. The molecule has 0 aliphatic carbocycles. The van der Waals surface area contributed by atoms with Gasteiger partial charge >= 0.3 is 0 Å². The summed E-state index contributed by atoms with van der Waals surface area (Å²) in [5.41, 5.74) is 5.91. The van der Waals surface area contributed by atoms with Crippen LogP contribution < -0.4 is 11.1 Å². The lowest BCUT2D eigenvalue weighted by molar-refractivity contribution is -0.126. The topological polar surface area (TPSA) is 64.3 Å². The number of nitrogens with two attached hydrogens (primary N) is 1. The summed E-state index contributed by atoms with van der Waals surface area (Å²) in [4.78, 5) is 11.9. The molecule has 1 amide bonds. The lowest BCUT2D eigenvalue weighted by atomic mass is 10.1. The normalized spacial score (nSPS) is 12.4. The van der Waals surface area contributed by atoms with E-state index in [1.54, 1.807) is 6.92 Å². The van der Waals surface area contributed by atoms with Gasteiger partial charge in [0.15, 0.2) is 0 Å².